The van der Waals surface area contributed by atoms with Crippen molar-refractivity contribution in [3.63, 3.8) is 0 Å². The van der Waals surface area contributed by atoms with Crippen LogP contribution in [0.3, 0.4) is 0 Å². The average molecular weight is 201 g/mol. The summed E-state index contributed by atoms with van der Waals surface area (Å²) in [7, 11) is 0. The Morgan fingerprint density at radius 3 is 2.77 bits per heavy atom. The Hall–Kier alpha value is -0.550. The van der Waals surface area contributed by atoms with Gasteiger partial charge in [0.2, 0.25) is 5.89 Å². The summed E-state index contributed by atoms with van der Waals surface area (Å²) in [6.07, 6.45) is 6.07. The van der Waals surface area contributed by atoms with Crippen molar-refractivity contribution in [3.8, 4) is 0 Å². The van der Waals surface area contributed by atoms with E-state index in [0.29, 0.717) is 5.22 Å². The Morgan fingerprint density at radius 2 is 2.15 bits per heavy atom. The molecule has 0 aliphatic carbocycles. The Labute approximate surface area is 82.3 Å². The molecule has 0 aliphatic heterocycles. The zero-order valence-corrected chi connectivity index (χ0v) is 8.64. The summed E-state index contributed by atoms with van der Waals surface area (Å²) < 4.78 is 5.32. The van der Waals surface area contributed by atoms with Crippen molar-refractivity contribution in [2.45, 2.75) is 30.9 Å². The van der Waals surface area contributed by atoms with Crippen molar-refractivity contribution < 1.29 is 4.42 Å². The standard InChI is InChI=1S/C8H15N3OS/c1-13-8-11-10-7(12-8)5-3-2-4-6-9/h2-6,9H2,1H3. The fourth-order valence-corrected chi connectivity index (χ4v) is 1.32. The maximum Gasteiger partial charge on any atom is 0.276 e. The van der Waals surface area contributed by atoms with Crippen molar-refractivity contribution in [1.82, 2.24) is 10.2 Å². The third-order valence-electron chi connectivity index (χ3n) is 1.72. The molecule has 0 radical (unpaired) electrons. The minimum Gasteiger partial charge on any atom is -0.416 e. The van der Waals surface area contributed by atoms with Crippen LogP contribution in [0.1, 0.15) is 25.2 Å². The van der Waals surface area contributed by atoms with E-state index in [4.69, 9.17) is 10.2 Å². The molecular weight excluding hydrogens is 186 g/mol. The molecule has 0 aromatic carbocycles. The van der Waals surface area contributed by atoms with E-state index in [9.17, 15) is 0 Å². The molecule has 0 bridgehead atoms. The van der Waals surface area contributed by atoms with Crippen molar-refractivity contribution in [1.29, 1.82) is 0 Å². The Bertz CT molecular complexity index is 239. The lowest BCUT2D eigenvalue weighted by Crippen LogP contribution is -1.98. The zero-order valence-electron chi connectivity index (χ0n) is 7.82. The number of thioether (sulfide) groups is 1. The van der Waals surface area contributed by atoms with E-state index < -0.39 is 0 Å². The number of aryl methyl sites for hydroxylation is 1. The van der Waals surface area contributed by atoms with Gasteiger partial charge in [-0.05, 0) is 25.6 Å². The Balaban J connectivity index is 2.20. The Kier molecular flexibility index (Phi) is 4.85. The molecule has 0 spiro atoms. The molecule has 0 saturated heterocycles. The van der Waals surface area contributed by atoms with Crippen LogP contribution in [0.2, 0.25) is 0 Å². The van der Waals surface area contributed by atoms with Gasteiger partial charge in [0.1, 0.15) is 0 Å². The molecule has 1 rings (SSSR count). The smallest absolute Gasteiger partial charge is 0.276 e. The fourth-order valence-electron chi connectivity index (χ4n) is 1.02. The molecule has 0 aliphatic rings. The van der Waals surface area contributed by atoms with Gasteiger partial charge >= 0.3 is 0 Å². The number of rotatable bonds is 6. The average Bonchev–Trinajstić information content (AvgIpc) is 2.60. The van der Waals surface area contributed by atoms with Crippen LogP contribution in [0.4, 0.5) is 0 Å². The van der Waals surface area contributed by atoms with E-state index in [1.165, 1.54) is 11.8 Å². The van der Waals surface area contributed by atoms with Crippen molar-refractivity contribution >= 4 is 11.8 Å². The molecular formula is C8H15N3OS. The highest BCUT2D eigenvalue weighted by molar-refractivity contribution is 7.98. The quantitative estimate of drug-likeness (QED) is 0.557. The van der Waals surface area contributed by atoms with Crippen LogP contribution in [0, 0.1) is 0 Å². The van der Waals surface area contributed by atoms with Crippen molar-refractivity contribution in [2.75, 3.05) is 12.8 Å². The number of unbranched alkanes of at least 4 members (excludes halogenated alkanes) is 2. The number of aromatic nitrogens is 2. The minimum atomic E-state index is 0.647. The van der Waals surface area contributed by atoms with E-state index in [-0.39, 0.29) is 0 Å². The van der Waals surface area contributed by atoms with Crippen molar-refractivity contribution in [2.24, 2.45) is 5.73 Å². The lowest BCUT2D eigenvalue weighted by atomic mass is 10.2. The molecule has 0 fully saturated rings. The number of hydrogen-bond donors (Lipinski definition) is 1. The molecule has 0 saturated carbocycles. The van der Waals surface area contributed by atoms with E-state index in [0.717, 1.165) is 38.1 Å². The third-order valence-corrected chi connectivity index (χ3v) is 2.23. The molecule has 0 unspecified atom stereocenters. The summed E-state index contributed by atoms with van der Waals surface area (Å²) in [4.78, 5) is 0. The lowest BCUT2D eigenvalue weighted by Gasteiger charge is -1.94. The van der Waals surface area contributed by atoms with Crippen LogP contribution in [0.5, 0.6) is 0 Å². The molecule has 4 nitrogen and oxygen atoms in total. The Morgan fingerprint density at radius 1 is 1.31 bits per heavy atom. The maximum atomic E-state index is 5.38. The molecule has 1 heterocycles. The number of nitrogens with zero attached hydrogens (tertiary/aromatic N) is 2. The molecule has 13 heavy (non-hydrogen) atoms. The van der Waals surface area contributed by atoms with Gasteiger partial charge < -0.3 is 10.2 Å². The number of hydrogen-bond acceptors (Lipinski definition) is 5. The summed E-state index contributed by atoms with van der Waals surface area (Å²) in [6.45, 7) is 0.764. The van der Waals surface area contributed by atoms with Gasteiger partial charge in [-0.1, -0.05) is 18.2 Å². The highest BCUT2D eigenvalue weighted by Gasteiger charge is 2.03. The van der Waals surface area contributed by atoms with Gasteiger partial charge in [-0.15, -0.1) is 10.2 Å². The predicted octanol–water partition coefficient (Wildman–Crippen LogP) is 1.46. The van der Waals surface area contributed by atoms with E-state index in [2.05, 4.69) is 10.2 Å². The van der Waals surface area contributed by atoms with Crippen molar-refractivity contribution in [3.05, 3.63) is 5.89 Å². The monoisotopic (exact) mass is 201 g/mol. The highest BCUT2D eigenvalue weighted by atomic mass is 32.2. The van der Waals surface area contributed by atoms with Crippen LogP contribution >= 0.6 is 11.8 Å². The molecule has 0 atom stereocenters. The van der Waals surface area contributed by atoms with Gasteiger partial charge in [0.05, 0.1) is 0 Å². The molecule has 0 amide bonds. The van der Waals surface area contributed by atoms with Gasteiger partial charge in [0.15, 0.2) is 0 Å². The summed E-state index contributed by atoms with van der Waals surface area (Å²) >= 11 is 1.47. The first-order valence-electron chi connectivity index (χ1n) is 4.43. The fraction of sp³-hybridized carbons (Fsp3) is 0.750. The molecule has 1 aromatic rings. The molecule has 74 valence electrons. The normalized spacial score (nSPS) is 10.6. The first kappa shape index (κ1) is 10.5. The largest absolute Gasteiger partial charge is 0.416 e. The summed E-state index contributed by atoms with van der Waals surface area (Å²) in [6, 6.07) is 0. The maximum absolute atomic E-state index is 5.38. The molecule has 1 aromatic heterocycles. The number of nitrogens with two attached hydrogens (primary N) is 1. The SMILES string of the molecule is CSc1nnc(CCCCCN)o1. The molecule has 2 N–H and O–H groups in total. The second-order valence-corrected chi connectivity index (χ2v) is 3.52. The summed E-state index contributed by atoms with van der Waals surface area (Å²) in [5.74, 6) is 0.737. The second-order valence-electron chi connectivity index (χ2n) is 2.77. The van der Waals surface area contributed by atoms with E-state index in [1.807, 2.05) is 6.26 Å². The minimum absolute atomic E-state index is 0.647. The molecule has 5 heteroatoms. The second kappa shape index (κ2) is 5.99. The van der Waals surface area contributed by atoms with E-state index in [1.54, 1.807) is 0 Å². The summed E-state index contributed by atoms with van der Waals surface area (Å²) in [5.41, 5.74) is 5.38. The predicted molar refractivity (Wildman–Crippen MR) is 52.7 cm³/mol. The van der Waals surface area contributed by atoms with Crippen LogP contribution < -0.4 is 5.73 Å². The summed E-state index contributed by atoms with van der Waals surface area (Å²) in [5, 5.41) is 8.42. The van der Waals surface area contributed by atoms with Gasteiger partial charge in [-0.2, -0.15) is 0 Å². The van der Waals surface area contributed by atoms with Gasteiger partial charge in [-0.3, -0.25) is 0 Å². The van der Waals surface area contributed by atoms with Gasteiger partial charge in [0, 0.05) is 6.42 Å². The van der Waals surface area contributed by atoms with E-state index >= 15 is 0 Å². The van der Waals surface area contributed by atoms with Crippen LogP contribution in [-0.4, -0.2) is 23.0 Å². The van der Waals surface area contributed by atoms with Gasteiger partial charge in [-0.25, -0.2) is 0 Å². The van der Waals surface area contributed by atoms with Gasteiger partial charge in [0.25, 0.3) is 5.22 Å². The van der Waals surface area contributed by atoms with Crippen LogP contribution in [0.25, 0.3) is 0 Å². The third kappa shape index (κ3) is 3.78. The zero-order chi connectivity index (χ0) is 9.52. The van der Waals surface area contributed by atoms with Crippen LogP contribution in [0.15, 0.2) is 9.64 Å². The topological polar surface area (TPSA) is 64.9 Å². The first-order valence-corrected chi connectivity index (χ1v) is 5.65. The highest BCUT2D eigenvalue weighted by Crippen LogP contribution is 2.13. The lowest BCUT2D eigenvalue weighted by molar-refractivity contribution is 0.407. The first-order chi connectivity index (χ1) is 6.36. The van der Waals surface area contributed by atoms with Crippen LogP contribution in [-0.2, 0) is 6.42 Å².